The lowest BCUT2D eigenvalue weighted by molar-refractivity contribution is -0.122. The van der Waals surface area contributed by atoms with Crippen molar-refractivity contribution in [3.05, 3.63) is 70.6 Å². The highest BCUT2D eigenvalue weighted by molar-refractivity contribution is 5.75. The molecule has 0 bridgehead atoms. The number of nitrogens with zero attached hydrogens (tertiary/aromatic N) is 2. The van der Waals surface area contributed by atoms with Crippen molar-refractivity contribution in [2.75, 3.05) is 19.6 Å². The molecular weight excluding hydrogens is 326 g/mol. The Morgan fingerprint density at radius 2 is 1.65 bits per heavy atom. The van der Waals surface area contributed by atoms with Gasteiger partial charge in [-0.1, -0.05) is 49.2 Å². The Kier molecular flexibility index (Phi) is 6.61. The molecule has 1 saturated heterocycles. The van der Waals surface area contributed by atoms with E-state index in [0.717, 1.165) is 13.1 Å². The predicted octanol–water partition coefficient (Wildman–Crippen LogP) is 2.58. The summed E-state index contributed by atoms with van der Waals surface area (Å²) in [4.78, 5) is 26.6. The lowest BCUT2D eigenvalue weighted by Gasteiger charge is -2.31. The van der Waals surface area contributed by atoms with Crippen LogP contribution in [-0.4, -0.2) is 35.0 Å². The van der Waals surface area contributed by atoms with Crippen molar-refractivity contribution in [3.8, 4) is 0 Å². The first-order valence-corrected chi connectivity index (χ1v) is 9.45. The van der Waals surface area contributed by atoms with E-state index in [2.05, 4.69) is 22.3 Å². The second kappa shape index (κ2) is 9.34. The summed E-state index contributed by atoms with van der Waals surface area (Å²) >= 11 is 0. The van der Waals surface area contributed by atoms with Crippen molar-refractivity contribution in [2.24, 2.45) is 0 Å². The summed E-state index contributed by atoms with van der Waals surface area (Å²) in [6.45, 7) is 2.74. The molecule has 3 rings (SSSR count). The molecule has 26 heavy (non-hydrogen) atoms. The predicted molar refractivity (Wildman–Crippen MR) is 103 cm³/mol. The maximum absolute atomic E-state index is 12.4. The van der Waals surface area contributed by atoms with E-state index in [1.165, 1.54) is 41.9 Å². The number of aromatic nitrogens is 1. The third kappa shape index (κ3) is 5.05. The smallest absolute Gasteiger partial charge is 0.250 e. The number of rotatable bonds is 6. The summed E-state index contributed by atoms with van der Waals surface area (Å²) in [6.07, 6.45) is 6.61. The maximum atomic E-state index is 12.4. The number of hydrogen-bond donors (Lipinski definition) is 1. The van der Waals surface area contributed by atoms with Crippen molar-refractivity contribution < 1.29 is 4.79 Å². The average Bonchev–Trinajstić information content (AvgIpc) is 2.94. The van der Waals surface area contributed by atoms with E-state index in [1.807, 2.05) is 18.2 Å². The minimum absolute atomic E-state index is 0.0567. The SMILES string of the molecule is O=C(Cn1ccccc1=O)NCC(c1ccccc1)N1CCCCCC1. The molecule has 5 heteroatoms. The van der Waals surface area contributed by atoms with Gasteiger partial charge in [-0.05, 0) is 37.6 Å². The van der Waals surface area contributed by atoms with Crippen LogP contribution in [0.4, 0.5) is 0 Å². The van der Waals surface area contributed by atoms with Crippen LogP contribution in [0.3, 0.4) is 0 Å². The number of pyridine rings is 1. The molecular formula is C21H27N3O2. The van der Waals surface area contributed by atoms with Gasteiger partial charge in [0.15, 0.2) is 0 Å². The summed E-state index contributed by atoms with van der Waals surface area (Å²) in [7, 11) is 0. The Balaban J connectivity index is 1.66. The standard InChI is InChI=1S/C21H27N3O2/c25-20(17-24-15-9-6-12-21(24)26)22-16-19(18-10-4-3-5-11-18)23-13-7-1-2-8-14-23/h3-6,9-12,15,19H,1-2,7-8,13-14,16-17H2,(H,22,25). The zero-order chi connectivity index (χ0) is 18.2. The van der Waals surface area contributed by atoms with E-state index in [4.69, 9.17) is 0 Å². The third-order valence-corrected chi connectivity index (χ3v) is 4.97. The van der Waals surface area contributed by atoms with Crippen LogP contribution in [0.1, 0.15) is 37.3 Å². The largest absolute Gasteiger partial charge is 0.353 e. The Morgan fingerprint density at radius 1 is 0.962 bits per heavy atom. The van der Waals surface area contributed by atoms with E-state index < -0.39 is 0 Å². The van der Waals surface area contributed by atoms with Crippen molar-refractivity contribution in [1.82, 2.24) is 14.8 Å². The fraction of sp³-hybridized carbons (Fsp3) is 0.429. The monoisotopic (exact) mass is 353 g/mol. The van der Waals surface area contributed by atoms with Crippen LogP contribution in [0.2, 0.25) is 0 Å². The fourth-order valence-electron chi connectivity index (χ4n) is 3.55. The number of benzene rings is 1. The fourth-order valence-corrected chi connectivity index (χ4v) is 3.55. The van der Waals surface area contributed by atoms with Gasteiger partial charge in [0, 0.05) is 18.8 Å². The van der Waals surface area contributed by atoms with Gasteiger partial charge in [-0.2, -0.15) is 0 Å². The first kappa shape index (κ1) is 18.4. The number of nitrogens with one attached hydrogen (secondary N) is 1. The molecule has 1 aromatic heterocycles. The number of likely N-dealkylation sites (tertiary alicyclic amines) is 1. The lowest BCUT2D eigenvalue weighted by Crippen LogP contribution is -2.40. The van der Waals surface area contributed by atoms with Crippen LogP contribution < -0.4 is 10.9 Å². The maximum Gasteiger partial charge on any atom is 0.250 e. The molecule has 1 aliphatic rings. The van der Waals surface area contributed by atoms with Gasteiger partial charge in [0.25, 0.3) is 5.56 Å². The molecule has 1 aromatic carbocycles. The number of amides is 1. The molecule has 1 N–H and O–H groups in total. The van der Waals surface area contributed by atoms with Gasteiger partial charge in [-0.3, -0.25) is 14.5 Å². The highest BCUT2D eigenvalue weighted by atomic mass is 16.2. The van der Waals surface area contributed by atoms with Crippen molar-refractivity contribution in [1.29, 1.82) is 0 Å². The molecule has 1 unspecified atom stereocenters. The molecule has 1 atom stereocenters. The molecule has 1 fully saturated rings. The van der Waals surface area contributed by atoms with E-state index in [0.29, 0.717) is 6.54 Å². The zero-order valence-electron chi connectivity index (χ0n) is 15.1. The lowest BCUT2D eigenvalue weighted by atomic mass is 10.0. The first-order chi connectivity index (χ1) is 12.7. The number of carbonyl (C=O) groups is 1. The van der Waals surface area contributed by atoms with Gasteiger partial charge >= 0.3 is 0 Å². The number of carbonyl (C=O) groups excluding carboxylic acids is 1. The second-order valence-corrected chi connectivity index (χ2v) is 6.85. The van der Waals surface area contributed by atoms with Crippen LogP contribution in [-0.2, 0) is 11.3 Å². The summed E-state index contributed by atoms with van der Waals surface area (Å²) in [5, 5.41) is 3.03. The zero-order valence-corrected chi connectivity index (χ0v) is 15.1. The quantitative estimate of drug-likeness (QED) is 0.868. The molecule has 0 saturated carbocycles. The summed E-state index contributed by atoms with van der Waals surface area (Å²) in [6, 6.07) is 15.5. The molecule has 138 valence electrons. The van der Waals surface area contributed by atoms with Crippen LogP contribution in [0.5, 0.6) is 0 Å². The molecule has 0 spiro atoms. The average molecular weight is 353 g/mol. The molecule has 2 heterocycles. The van der Waals surface area contributed by atoms with Gasteiger partial charge in [0.05, 0.1) is 6.04 Å². The second-order valence-electron chi connectivity index (χ2n) is 6.85. The Hall–Kier alpha value is -2.40. The van der Waals surface area contributed by atoms with Crippen molar-refractivity contribution in [2.45, 2.75) is 38.3 Å². The van der Waals surface area contributed by atoms with E-state index in [1.54, 1.807) is 18.3 Å². The highest BCUT2D eigenvalue weighted by Crippen LogP contribution is 2.23. The molecule has 2 aromatic rings. The minimum Gasteiger partial charge on any atom is -0.353 e. The summed E-state index contributed by atoms with van der Waals surface area (Å²) in [5.41, 5.74) is 1.07. The molecule has 1 aliphatic heterocycles. The summed E-state index contributed by atoms with van der Waals surface area (Å²) in [5.74, 6) is -0.131. The van der Waals surface area contributed by atoms with E-state index >= 15 is 0 Å². The van der Waals surface area contributed by atoms with Gasteiger partial charge in [0.1, 0.15) is 6.54 Å². The van der Waals surface area contributed by atoms with Gasteiger partial charge in [-0.25, -0.2) is 0 Å². The van der Waals surface area contributed by atoms with Crippen LogP contribution in [0.15, 0.2) is 59.5 Å². The first-order valence-electron chi connectivity index (χ1n) is 9.45. The minimum atomic E-state index is -0.158. The third-order valence-electron chi connectivity index (χ3n) is 4.97. The van der Waals surface area contributed by atoms with Crippen LogP contribution in [0.25, 0.3) is 0 Å². The van der Waals surface area contributed by atoms with E-state index in [-0.39, 0.29) is 24.1 Å². The van der Waals surface area contributed by atoms with E-state index in [9.17, 15) is 9.59 Å². The molecule has 5 nitrogen and oxygen atoms in total. The van der Waals surface area contributed by atoms with Crippen molar-refractivity contribution in [3.63, 3.8) is 0 Å². The Morgan fingerprint density at radius 3 is 2.35 bits per heavy atom. The number of hydrogen-bond acceptors (Lipinski definition) is 3. The topological polar surface area (TPSA) is 54.3 Å². The highest BCUT2D eigenvalue weighted by Gasteiger charge is 2.22. The van der Waals surface area contributed by atoms with Gasteiger partial charge < -0.3 is 9.88 Å². The molecule has 1 amide bonds. The Bertz CT molecular complexity index is 749. The van der Waals surface area contributed by atoms with Crippen LogP contribution in [0, 0.1) is 0 Å². The molecule has 0 radical (unpaired) electrons. The van der Waals surface area contributed by atoms with Gasteiger partial charge in [0.2, 0.25) is 5.91 Å². The normalized spacial score (nSPS) is 16.6. The van der Waals surface area contributed by atoms with Crippen LogP contribution >= 0.6 is 0 Å². The Labute approximate surface area is 154 Å². The van der Waals surface area contributed by atoms with Gasteiger partial charge in [-0.15, -0.1) is 0 Å². The van der Waals surface area contributed by atoms with Crippen molar-refractivity contribution >= 4 is 5.91 Å². The summed E-state index contributed by atoms with van der Waals surface area (Å²) < 4.78 is 1.43. The molecule has 0 aliphatic carbocycles.